The molecule has 2 nitrogen and oxygen atoms in total. The first-order chi connectivity index (χ1) is 14.6. The molecule has 0 aliphatic heterocycles. The van der Waals surface area contributed by atoms with Crippen molar-refractivity contribution in [2.45, 2.75) is 131 Å². The summed E-state index contributed by atoms with van der Waals surface area (Å²) in [6.45, 7) is 14.2. The van der Waals surface area contributed by atoms with Crippen molar-refractivity contribution in [3.8, 4) is 0 Å². The van der Waals surface area contributed by atoms with Gasteiger partial charge in [0, 0.05) is 6.92 Å². The Hall–Kier alpha value is -0.530. The SMILES string of the molecule is CC(=O)OC1CCC2(C)C3CCC4(C)C(CCCCC(C)C)CCC4C3CCC2(C)C1. The van der Waals surface area contributed by atoms with Crippen LogP contribution in [0.25, 0.3) is 0 Å². The van der Waals surface area contributed by atoms with Crippen molar-refractivity contribution in [2.24, 2.45) is 45.8 Å². The van der Waals surface area contributed by atoms with Gasteiger partial charge in [-0.15, -0.1) is 0 Å². The normalized spacial score (nSPS) is 46.9. The average molecular weight is 431 g/mol. The van der Waals surface area contributed by atoms with E-state index in [9.17, 15) is 4.79 Å². The Kier molecular flexibility index (Phi) is 6.61. The molecule has 4 fully saturated rings. The monoisotopic (exact) mass is 430 g/mol. The molecule has 0 spiro atoms. The Morgan fingerprint density at radius 3 is 2.42 bits per heavy atom. The molecule has 0 aromatic rings. The fraction of sp³-hybridized carbons (Fsp3) is 0.966. The van der Waals surface area contributed by atoms with Gasteiger partial charge in [0.15, 0.2) is 0 Å². The third-order valence-electron chi connectivity index (χ3n) is 11.4. The largest absolute Gasteiger partial charge is 0.463 e. The summed E-state index contributed by atoms with van der Waals surface area (Å²) < 4.78 is 5.71. The number of esters is 1. The number of carbonyl (C=O) groups excluding carboxylic acids is 1. The molecular weight excluding hydrogens is 380 g/mol. The molecule has 0 saturated heterocycles. The van der Waals surface area contributed by atoms with Gasteiger partial charge in [0.05, 0.1) is 0 Å². The molecule has 0 aromatic heterocycles. The van der Waals surface area contributed by atoms with Crippen LogP contribution in [0.2, 0.25) is 0 Å². The van der Waals surface area contributed by atoms with E-state index in [1.807, 2.05) is 0 Å². The van der Waals surface area contributed by atoms with Gasteiger partial charge in [0.1, 0.15) is 6.10 Å². The maximum absolute atomic E-state index is 11.6. The molecule has 178 valence electrons. The maximum atomic E-state index is 11.6. The Morgan fingerprint density at radius 1 is 0.935 bits per heavy atom. The lowest BCUT2D eigenvalue weighted by atomic mass is 9.40. The third-order valence-corrected chi connectivity index (χ3v) is 11.4. The average Bonchev–Trinajstić information content (AvgIpc) is 3.02. The number of carbonyl (C=O) groups is 1. The summed E-state index contributed by atoms with van der Waals surface area (Å²) in [5.74, 6) is 4.55. The van der Waals surface area contributed by atoms with Crippen LogP contribution < -0.4 is 0 Å². The van der Waals surface area contributed by atoms with Crippen molar-refractivity contribution in [3.63, 3.8) is 0 Å². The van der Waals surface area contributed by atoms with Crippen molar-refractivity contribution in [1.82, 2.24) is 0 Å². The number of rotatable bonds is 6. The number of unbranched alkanes of at least 4 members (excludes halogenated alkanes) is 1. The van der Waals surface area contributed by atoms with Crippen molar-refractivity contribution < 1.29 is 9.53 Å². The second-order valence-corrected chi connectivity index (χ2v) is 13.4. The second-order valence-electron chi connectivity index (χ2n) is 13.4. The molecule has 31 heavy (non-hydrogen) atoms. The molecule has 4 saturated carbocycles. The molecule has 8 atom stereocenters. The van der Waals surface area contributed by atoms with Gasteiger partial charge in [-0.25, -0.2) is 0 Å². The maximum Gasteiger partial charge on any atom is 0.302 e. The summed E-state index contributed by atoms with van der Waals surface area (Å²) in [7, 11) is 0. The molecule has 4 aliphatic carbocycles. The summed E-state index contributed by atoms with van der Waals surface area (Å²) in [5, 5.41) is 0. The van der Waals surface area contributed by atoms with Crippen molar-refractivity contribution in [2.75, 3.05) is 0 Å². The zero-order chi connectivity index (χ0) is 22.4. The van der Waals surface area contributed by atoms with E-state index in [1.165, 1.54) is 70.6 Å². The fourth-order valence-electron chi connectivity index (χ4n) is 9.45. The zero-order valence-electron chi connectivity index (χ0n) is 21.5. The number of fused-ring (bicyclic) bond motifs is 5. The van der Waals surface area contributed by atoms with E-state index >= 15 is 0 Å². The van der Waals surface area contributed by atoms with Crippen LogP contribution in [-0.2, 0) is 9.53 Å². The van der Waals surface area contributed by atoms with E-state index in [4.69, 9.17) is 4.74 Å². The molecule has 0 amide bonds. The summed E-state index contributed by atoms with van der Waals surface area (Å²) in [6, 6.07) is 0. The van der Waals surface area contributed by atoms with Gasteiger partial charge in [0.2, 0.25) is 0 Å². The van der Waals surface area contributed by atoms with Crippen molar-refractivity contribution >= 4 is 5.97 Å². The predicted octanol–water partition coefficient (Wildman–Crippen LogP) is 8.18. The quantitative estimate of drug-likeness (QED) is 0.313. The Labute approximate surface area is 192 Å². The first-order valence-electron chi connectivity index (χ1n) is 13.8. The molecule has 0 bridgehead atoms. The molecule has 0 aromatic carbocycles. The van der Waals surface area contributed by atoms with Crippen LogP contribution in [0.4, 0.5) is 0 Å². The summed E-state index contributed by atoms with van der Waals surface area (Å²) in [4.78, 5) is 11.6. The van der Waals surface area contributed by atoms with Crippen LogP contribution >= 0.6 is 0 Å². The first-order valence-corrected chi connectivity index (χ1v) is 13.8. The van der Waals surface area contributed by atoms with Gasteiger partial charge in [-0.05, 0) is 110 Å². The highest BCUT2D eigenvalue weighted by atomic mass is 16.5. The van der Waals surface area contributed by atoms with Crippen LogP contribution in [0.15, 0.2) is 0 Å². The number of ether oxygens (including phenoxy) is 1. The van der Waals surface area contributed by atoms with Gasteiger partial charge < -0.3 is 4.74 Å². The minimum Gasteiger partial charge on any atom is -0.463 e. The van der Waals surface area contributed by atoms with E-state index in [1.54, 1.807) is 6.92 Å². The van der Waals surface area contributed by atoms with Crippen LogP contribution in [0, 0.1) is 45.8 Å². The van der Waals surface area contributed by atoms with Crippen molar-refractivity contribution in [1.29, 1.82) is 0 Å². The van der Waals surface area contributed by atoms with Crippen molar-refractivity contribution in [3.05, 3.63) is 0 Å². The Balaban J connectivity index is 1.44. The molecule has 0 heterocycles. The second kappa shape index (κ2) is 8.68. The van der Waals surface area contributed by atoms with Gasteiger partial charge in [-0.1, -0.05) is 53.9 Å². The molecule has 4 rings (SSSR count). The highest BCUT2D eigenvalue weighted by molar-refractivity contribution is 5.66. The van der Waals surface area contributed by atoms with Crippen LogP contribution in [0.5, 0.6) is 0 Å². The van der Waals surface area contributed by atoms with E-state index in [2.05, 4.69) is 34.6 Å². The zero-order valence-corrected chi connectivity index (χ0v) is 21.5. The standard InChI is InChI=1S/C29H50O2/c1-20(2)9-7-8-10-22-11-12-25-24-14-16-27(4)19-23(31-21(3)30)13-18-29(27,6)26(24)15-17-28(22,25)5/h20,22-26H,7-19H2,1-6H3. The van der Waals surface area contributed by atoms with E-state index in [-0.39, 0.29) is 12.1 Å². The summed E-state index contributed by atoms with van der Waals surface area (Å²) in [5.41, 5.74) is 1.39. The number of hydrogen-bond acceptors (Lipinski definition) is 2. The van der Waals surface area contributed by atoms with Crippen LogP contribution in [0.3, 0.4) is 0 Å². The third kappa shape index (κ3) is 4.12. The van der Waals surface area contributed by atoms with E-state index in [0.29, 0.717) is 16.2 Å². The molecular formula is C29H50O2. The highest BCUT2D eigenvalue weighted by Crippen LogP contribution is 2.71. The molecule has 4 aliphatic rings. The lowest BCUT2D eigenvalue weighted by Crippen LogP contribution is -2.58. The fourth-order valence-corrected chi connectivity index (χ4v) is 9.45. The van der Waals surface area contributed by atoms with Crippen LogP contribution in [0.1, 0.15) is 125 Å². The molecule has 0 N–H and O–H groups in total. The molecule has 2 heteroatoms. The van der Waals surface area contributed by atoms with E-state index < -0.39 is 0 Å². The Bertz CT molecular complexity index is 655. The van der Waals surface area contributed by atoms with Gasteiger partial charge in [0.25, 0.3) is 0 Å². The smallest absolute Gasteiger partial charge is 0.302 e. The topological polar surface area (TPSA) is 26.3 Å². The first kappa shape index (κ1) is 23.6. The van der Waals surface area contributed by atoms with Gasteiger partial charge >= 0.3 is 5.97 Å². The minimum absolute atomic E-state index is 0.0929. The predicted molar refractivity (Wildman–Crippen MR) is 129 cm³/mol. The van der Waals surface area contributed by atoms with E-state index in [0.717, 1.165) is 42.4 Å². The highest BCUT2D eigenvalue weighted by Gasteiger charge is 2.63. The molecule has 0 radical (unpaired) electrons. The van der Waals surface area contributed by atoms with Gasteiger partial charge in [-0.3, -0.25) is 4.79 Å². The summed E-state index contributed by atoms with van der Waals surface area (Å²) in [6.07, 6.45) is 18.0. The summed E-state index contributed by atoms with van der Waals surface area (Å²) >= 11 is 0. The lowest BCUT2D eigenvalue weighted by Gasteiger charge is -2.65. The minimum atomic E-state index is -0.0929. The lowest BCUT2D eigenvalue weighted by molar-refractivity contribution is -0.182. The van der Waals surface area contributed by atoms with Gasteiger partial charge in [-0.2, -0.15) is 0 Å². The number of hydrogen-bond donors (Lipinski definition) is 0. The molecule has 8 unspecified atom stereocenters. The Morgan fingerprint density at radius 2 is 1.71 bits per heavy atom. The van der Waals surface area contributed by atoms with Crippen LogP contribution in [-0.4, -0.2) is 12.1 Å².